The van der Waals surface area contributed by atoms with Crippen LogP contribution in [0.15, 0.2) is 24.3 Å². The van der Waals surface area contributed by atoms with Crippen molar-refractivity contribution in [1.82, 2.24) is 0 Å². The first kappa shape index (κ1) is 14.8. The molecule has 2 rings (SSSR count). The summed E-state index contributed by atoms with van der Waals surface area (Å²) in [6.45, 7) is 6.09. The van der Waals surface area contributed by atoms with Gasteiger partial charge in [0.2, 0.25) is 0 Å². The van der Waals surface area contributed by atoms with E-state index in [9.17, 15) is 4.79 Å². The number of benzene rings is 1. The first-order valence-electron chi connectivity index (χ1n) is 6.91. The van der Waals surface area contributed by atoms with E-state index in [1.807, 2.05) is 19.1 Å². The molecule has 0 radical (unpaired) electrons. The number of aryl methyl sites for hydroxylation is 2. The van der Waals surface area contributed by atoms with Gasteiger partial charge in [0.05, 0.1) is 12.0 Å². The third-order valence-electron chi connectivity index (χ3n) is 3.43. The molecule has 1 aromatic heterocycles. The SMILES string of the molecule is CCC(=O)c1cc(C)c(-c2cc(CC)ccc2OC)s1. The Balaban J connectivity index is 2.55. The van der Waals surface area contributed by atoms with Crippen LogP contribution >= 0.6 is 11.3 Å². The van der Waals surface area contributed by atoms with Crippen molar-refractivity contribution in [2.24, 2.45) is 0 Å². The van der Waals surface area contributed by atoms with E-state index < -0.39 is 0 Å². The number of ketones is 1. The number of carbonyl (C=O) groups excluding carboxylic acids is 1. The molecule has 0 aliphatic heterocycles. The number of thiophene rings is 1. The predicted octanol–water partition coefficient (Wildman–Crippen LogP) is 4.89. The second-order valence-corrected chi connectivity index (χ2v) is 5.84. The Morgan fingerprint density at radius 2 is 2.00 bits per heavy atom. The van der Waals surface area contributed by atoms with Gasteiger partial charge in [0.15, 0.2) is 5.78 Å². The van der Waals surface area contributed by atoms with Crippen molar-refractivity contribution in [1.29, 1.82) is 0 Å². The molecule has 0 saturated carbocycles. The first-order chi connectivity index (χ1) is 9.60. The minimum atomic E-state index is 0.204. The maximum atomic E-state index is 11.9. The fourth-order valence-electron chi connectivity index (χ4n) is 2.21. The van der Waals surface area contributed by atoms with Crippen molar-refractivity contribution in [3.8, 4) is 16.2 Å². The highest BCUT2D eigenvalue weighted by atomic mass is 32.1. The predicted molar refractivity (Wildman–Crippen MR) is 85.0 cm³/mol. The van der Waals surface area contributed by atoms with E-state index in [2.05, 4.69) is 26.0 Å². The lowest BCUT2D eigenvalue weighted by Gasteiger charge is -2.09. The molecular formula is C17H20O2S. The molecule has 0 spiro atoms. The molecule has 0 unspecified atom stereocenters. The minimum Gasteiger partial charge on any atom is -0.496 e. The normalized spacial score (nSPS) is 10.6. The van der Waals surface area contributed by atoms with Crippen LogP contribution in [0, 0.1) is 6.92 Å². The molecule has 20 heavy (non-hydrogen) atoms. The van der Waals surface area contributed by atoms with Crippen LogP contribution in [0.2, 0.25) is 0 Å². The van der Waals surface area contributed by atoms with Crippen LogP contribution in [0.5, 0.6) is 5.75 Å². The number of hydrogen-bond acceptors (Lipinski definition) is 3. The molecule has 2 nitrogen and oxygen atoms in total. The Kier molecular flexibility index (Phi) is 4.61. The Hall–Kier alpha value is -1.61. The van der Waals surface area contributed by atoms with E-state index in [1.165, 1.54) is 5.56 Å². The second-order valence-electron chi connectivity index (χ2n) is 4.79. The Morgan fingerprint density at radius 1 is 1.25 bits per heavy atom. The van der Waals surface area contributed by atoms with Crippen LogP contribution in [0.1, 0.15) is 41.1 Å². The highest BCUT2D eigenvalue weighted by Gasteiger charge is 2.15. The zero-order valence-corrected chi connectivity index (χ0v) is 13.3. The maximum Gasteiger partial charge on any atom is 0.172 e. The van der Waals surface area contributed by atoms with Gasteiger partial charge in [-0.2, -0.15) is 0 Å². The monoisotopic (exact) mass is 288 g/mol. The number of hydrogen-bond donors (Lipinski definition) is 0. The highest BCUT2D eigenvalue weighted by Crippen LogP contribution is 2.39. The molecule has 1 aromatic carbocycles. The number of ether oxygens (including phenoxy) is 1. The first-order valence-corrected chi connectivity index (χ1v) is 7.73. The third-order valence-corrected chi connectivity index (χ3v) is 4.74. The van der Waals surface area contributed by atoms with Gasteiger partial charge < -0.3 is 4.74 Å². The van der Waals surface area contributed by atoms with Crippen LogP contribution in [0.3, 0.4) is 0 Å². The van der Waals surface area contributed by atoms with Gasteiger partial charge in [-0.25, -0.2) is 0 Å². The van der Waals surface area contributed by atoms with E-state index >= 15 is 0 Å². The average molecular weight is 288 g/mol. The fourth-order valence-corrected chi connectivity index (χ4v) is 3.42. The van der Waals surface area contributed by atoms with Gasteiger partial charge in [0, 0.05) is 16.9 Å². The molecule has 0 N–H and O–H groups in total. The maximum absolute atomic E-state index is 11.9. The Morgan fingerprint density at radius 3 is 2.60 bits per heavy atom. The summed E-state index contributed by atoms with van der Waals surface area (Å²) in [5.74, 6) is 1.07. The third kappa shape index (κ3) is 2.78. The van der Waals surface area contributed by atoms with Crippen molar-refractivity contribution in [2.45, 2.75) is 33.6 Å². The Labute approximate surface area is 124 Å². The van der Waals surface area contributed by atoms with Gasteiger partial charge >= 0.3 is 0 Å². The van der Waals surface area contributed by atoms with Gasteiger partial charge in [0.1, 0.15) is 5.75 Å². The number of Topliss-reactive ketones (excluding diaryl/α,β-unsaturated/α-hetero) is 1. The van der Waals surface area contributed by atoms with Crippen LogP contribution in [0.25, 0.3) is 10.4 Å². The van der Waals surface area contributed by atoms with E-state index in [1.54, 1.807) is 18.4 Å². The molecule has 0 saturated heterocycles. The summed E-state index contributed by atoms with van der Waals surface area (Å²) in [5, 5.41) is 0. The van der Waals surface area contributed by atoms with Gasteiger partial charge in [-0.15, -0.1) is 11.3 Å². The van der Waals surface area contributed by atoms with Crippen LogP contribution in [-0.2, 0) is 6.42 Å². The highest BCUT2D eigenvalue weighted by molar-refractivity contribution is 7.17. The molecule has 0 bridgehead atoms. The number of rotatable bonds is 5. The van der Waals surface area contributed by atoms with Gasteiger partial charge in [-0.1, -0.05) is 19.9 Å². The zero-order valence-electron chi connectivity index (χ0n) is 12.4. The van der Waals surface area contributed by atoms with Gasteiger partial charge in [0.25, 0.3) is 0 Å². The van der Waals surface area contributed by atoms with Crippen molar-refractivity contribution >= 4 is 17.1 Å². The lowest BCUT2D eigenvalue weighted by atomic mass is 10.0. The fraction of sp³-hybridized carbons (Fsp3) is 0.353. The summed E-state index contributed by atoms with van der Waals surface area (Å²) in [7, 11) is 1.69. The molecule has 3 heteroatoms. The summed E-state index contributed by atoms with van der Waals surface area (Å²) in [6.07, 6.45) is 1.54. The topological polar surface area (TPSA) is 26.3 Å². The average Bonchev–Trinajstić information content (AvgIpc) is 2.87. The standard InChI is InChI=1S/C17H20O2S/c1-5-12-7-8-15(19-4)13(10-12)17-11(3)9-16(20-17)14(18)6-2/h7-10H,5-6H2,1-4H3. The Bertz CT molecular complexity index is 626. The van der Waals surface area contributed by atoms with Crippen LogP contribution in [-0.4, -0.2) is 12.9 Å². The lowest BCUT2D eigenvalue weighted by molar-refractivity contribution is 0.0992. The van der Waals surface area contributed by atoms with Gasteiger partial charge in [-0.3, -0.25) is 4.79 Å². The largest absolute Gasteiger partial charge is 0.496 e. The van der Waals surface area contributed by atoms with Crippen molar-refractivity contribution in [3.63, 3.8) is 0 Å². The van der Waals surface area contributed by atoms with E-state index in [0.717, 1.165) is 33.1 Å². The summed E-state index contributed by atoms with van der Waals surface area (Å²) in [6, 6.07) is 8.25. The lowest BCUT2D eigenvalue weighted by Crippen LogP contribution is -1.90. The summed E-state index contributed by atoms with van der Waals surface area (Å²) >= 11 is 1.56. The van der Waals surface area contributed by atoms with E-state index in [4.69, 9.17) is 4.74 Å². The van der Waals surface area contributed by atoms with Crippen molar-refractivity contribution in [3.05, 3.63) is 40.3 Å². The number of carbonyl (C=O) groups is 1. The molecule has 0 fully saturated rings. The quantitative estimate of drug-likeness (QED) is 0.732. The number of methoxy groups -OCH3 is 1. The van der Waals surface area contributed by atoms with Crippen molar-refractivity contribution in [2.75, 3.05) is 7.11 Å². The minimum absolute atomic E-state index is 0.204. The molecule has 0 aliphatic carbocycles. The van der Waals surface area contributed by atoms with Crippen molar-refractivity contribution < 1.29 is 9.53 Å². The molecule has 1 heterocycles. The van der Waals surface area contributed by atoms with Crippen LogP contribution in [0.4, 0.5) is 0 Å². The van der Waals surface area contributed by atoms with E-state index in [0.29, 0.717) is 6.42 Å². The second kappa shape index (κ2) is 6.23. The molecule has 0 amide bonds. The molecule has 0 atom stereocenters. The van der Waals surface area contributed by atoms with Gasteiger partial charge in [-0.05, 0) is 42.7 Å². The smallest absolute Gasteiger partial charge is 0.172 e. The molecule has 2 aromatic rings. The summed E-state index contributed by atoms with van der Waals surface area (Å²) in [5.41, 5.74) is 3.50. The summed E-state index contributed by atoms with van der Waals surface area (Å²) in [4.78, 5) is 13.8. The molecule has 106 valence electrons. The van der Waals surface area contributed by atoms with Crippen LogP contribution < -0.4 is 4.74 Å². The molecule has 0 aliphatic rings. The molecular weight excluding hydrogens is 268 g/mol. The summed E-state index contributed by atoms with van der Waals surface area (Å²) < 4.78 is 5.47. The van der Waals surface area contributed by atoms with E-state index in [-0.39, 0.29) is 5.78 Å². The zero-order chi connectivity index (χ0) is 14.7.